The Bertz CT molecular complexity index is 1220. The van der Waals surface area contributed by atoms with Crippen LogP contribution >= 0.6 is 0 Å². The van der Waals surface area contributed by atoms with Crippen molar-refractivity contribution in [2.24, 2.45) is 7.05 Å². The summed E-state index contributed by atoms with van der Waals surface area (Å²) in [4.78, 5) is 33.3. The van der Waals surface area contributed by atoms with Crippen molar-refractivity contribution in [1.82, 2.24) is 19.7 Å². The molecule has 1 fully saturated rings. The highest BCUT2D eigenvalue weighted by molar-refractivity contribution is 6.04. The van der Waals surface area contributed by atoms with Crippen LogP contribution in [-0.4, -0.2) is 58.9 Å². The first kappa shape index (κ1) is 19.4. The maximum Gasteiger partial charge on any atom is 0.275 e. The average Bonchev–Trinajstić information content (AvgIpc) is 2.80. The fourth-order valence-corrected chi connectivity index (χ4v) is 3.62. The topological polar surface area (TPSA) is 104 Å². The van der Waals surface area contributed by atoms with Crippen LogP contribution in [-0.2, 0) is 7.05 Å². The van der Waals surface area contributed by atoms with E-state index in [9.17, 15) is 14.9 Å². The number of fused-ring (bicyclic) bond motifs is 1. The normalized spacial score (nSPS) is 13.9. The van der Waals surface area contributed by atoms with Crippen LogP contribution in [0.3, 0.4) is 0 Å². The first-order valence-corrected chi connectivity index (χ1v) is 9.46. The van der Waals surface area contributed by atoms with Crippen LogP contribution in [0.2, 0.25) is 0 Å². The Morgan fingerprint density at radius 1 is 1.17 bits per heavy atom. The van der Waals surface area contributed by atoms with Gasteiger partial charge >= 0.3 is 0 Å². The summed E-state index contributed by atoms with van der Waals surface area (Å²) in [6.45, 7) is 2.19. The number of pyridine rings is 1. The van der Waals surface area contributed by atoms with Crippen LogP contribution in [0.25, 0.3) is 10.8 Å². The highest BCUT2D eigenvalue weighted by Gasteiger charge is 2.26. The molecule has 9 heteroatoms. The number of amides is 1. The molecule has 1 amide bonds. The fourth-order valence-electron chi connectivity index (χ4n) is 3.62. The van der Waals surface area contributed by atoms with Crippen LogP contribution in [0.15, 0.2) is 41.5 Å². The number of nitriles is 1. The van der Waals surface area contributed by atoms with Crippen LogP contribution < -0.4 is 15.2 Å². The molecule has 0 radical (unpaired) electrons. The Hall–Kier alpha value is -3.93. The van der Waals surface area contributed by atoms with Gasteiger partial charge in [0.15, 0.2) is 5.69 Å². The highest BCUT2D eigenvalue weighted by atomic mass is 16.5. The number of aromatic nitrogens is 3. The molecule has 0 atom stereocenters. The van der Waals surface area contributed by atoms with Gasteiger partial charge in [0, 0.05) is 62.8 Å². The van der Waals surface area contributed by atoms with Gasteiger partial charge in [-0.15, -0.1) is 0 Å². The molecule has 9 nitrogen and oxygen atoms in total. The Morgan fingerprint density at radius 2 is 1.93 bits per heavy atom. The molecule has 0 spiro atoms. The molecule has 1 aliphatic heterocycles. The molecule has 0 aliphatic carbocycles. The summed E-state index contributed by atoms with van der Waals surface area (Å²) in [7, 11) is 3.10. The number of methoxy groups -OCH3 is 1. The van der Waals surface area contributed by atoms with Gasteiger partial charge in [0.2, 0.25) is 0 Å². The van der Waals surface area contributed by atoms with Crippen molar-refractivity contribution in [1.29, 1.82) is 5.26 Å². The zero-order valence-electron chi connectivity index (χ0n) is 16.7. The van der Waals surface area contributed by atoms with Crippen molar-refractivity contribution in [2.75, 3.05) is 38.2 Å². The van der Waals surface area contributed by atoms with Gasteiger partial charge in [-0.3, -0.25) is 14.6 Å². The molecule has 3 aromatic rings. The summed E-state index contributed by atoms with van der Waals surface area (Å²) in [6.07, 6.45) is 3.03. The average molecular weight is 404 g/mol. The smallest absolute Gasteiger partial charge is 0.275 e. The monoisotopic (exact) mass is 404 g/mol. The quantitative estimate of drug-likeness (QED) is 0.645. The second-order valence-corrected chi connectivity index (χ2v) is 7.01. The third-order valence-corrected chi connectivity index (χ3v) is 5.24. The van der Waals surface area contributed by atoms with E-state index in [1.165, 1.54) is 24.1 Å². The molecule has 0 unspecified atom stereocenters. The lowest BCUT2D eigenvalue weighted by atomic mass is 10.1. The summed E-state index contributed by atoms with van der Waals surface area (Å²) in [5.41, 5.74) is 1.37. The Balaban J connectivity index is 1.56. The number of piperazine rings is 1. The van der Waals surface area contributed by atoms with Crippen molar-refractivity contribution >= 4 is 22.4 Å². The number of ether oxygens (including phenoxy) is 1. The van der Waals surface area contributed by atoms with Gasteiger partial charge in [0.1, 0.15) is 5.75 Å². The molecule has 1 saturated heterocycles. The lowest BCUT2D eigenvalue weighted by Gasteiger charge is -2.36. The number of benzene rings is 1. The van der Waals surface area contributed by atoms with Gasteiger partial charge in [-0.2, -0.15) is 10.4 Å². The first-order chi connectivity index (χ1) is 14.5. The van der Waals surface area contributed by atoms with E-state index in [2.05, 4.69) is 21.1 Å². The molecule has 3 heterocycles. The number of hydrogen-bond acceptors (Lipinski definition) is 7. The zero-order valence-corrected chi connectivity index (χ0v) is 16.7. The molecule has 1 aromatic carbocycles. The third kappa shape index (κ3) is 3.43. The van der Waals surface area contributed by atoms with Crippen molar-refractivity contribution in [3.63, 3.8) is 0 Å². The Labute approximate surface area is 172 Å². The van der Waals surface area contributed by atoms with E-state index in [1.54, 1.807) is 24.1 Å². The van der Waals surface area contributed by atoms with Gasteiger partial charge in [-0.25, -0.2) is 4.68 Å². The molecular formula is C21H20N6O3. The molecule has 4 rings (SSSR count). The molecule has 1 aliphatic rings. The zero-order chi connectivity index (χ0) is 21.3. The van der Waals surface area contributed by atoms with E-state index in [-0.39, 0.29) is 17.2 Å². The molecule has 0 bridgehead atoms. The predicted molar refractivity (Wildman–Crippen MR) is 111 cm³/mol. The minimum atomic E-state index is -0.264. The van der Waals surface area contributed by atoms with Gasteiger partial charge in [0.05, 0.1) is 24.1 Å². The van der Waals surface area contributed by atoms with Gasteiger partial charge in [-0.1, -0.05) is 0 Å². The summed E-state index contributed by atoms with van der Waals surface area (Å²) in [6, 6.07) is 9.13. The molecule has 152 valence electrons. The number of aryl methyl sites for hydroxylation is 1. The fraction of sp³-hybridized carbons (Fsp3) is 0.286. The van der Waals surface area contributed by atoms with Crippen LogP contribution in [0.4, 0.5) is 5.69 Å². The third-order valence-electron chi connectivity index (χ3n) is 5.24. The highest BCUT2D eigenvalue weighted by Crippen LogP contribution is 2.25. The lowest BCUT2D eigenvalue weighted by molar-refractivity contribution is 0.0740. The van der Waals surface area contributed by atoms with Crippen molar-refractivity contribution in [3.8, 4) is 11.8 Å². The van der Waals surface area contributed by atoms with Crippen molar-refractivity contribution in [3.05, 3.63) is 58.3 Å². The predicted octanol–water partition coefficient (Wildman–Crippen LogP) is 1.17. The number of carbonyl (C=O) groups is 1. The second-order valence-electron chi connectivity index (χ2n) is 7.01. The van der Waals surface area contributed by atoms with Crippen LogP contribution in [0, 0.1) is 11.3 Å². The standard InChI is InChI=1S/C21H20N6O3/c1-25-20(28)17-3-4-23-13-18(17)19(24-25)21(29)27-7-5-26(6-8-27)15-9-14(12-22)10-16(11-15)30-2/h3-4,9-11,13H,5-8H2,1-2H3. The minimum absolute atomic E-state index is 0.224. The van der Waals surface area contributed by atoms with Gasteiger partial charge in [0.25, 0.3) is 11.5 Å². The van der Waals surface area contributed by atoms with E-state index < -0.39 is 0 Å². The van der Waals surface area contributed by atoms with E-state index in [4.69, 9.17) is 4.74 Å². The maximum atomic E-state index is 13.2. The summed E-state index contributed by atoms with van der Waals surface area (Å²) < 4.78 is 6.47. The molecule has 2 aromatic heterocycles. The number of anilines is 1. The molecular weight excluding hydrogens is 384 g/mol. The van der Waals surface area contributed by atoms with E-state index in [1.807, 2.05) is 12.1 Å². The lowest BCUT2D eigenvalue weighted by Crippen LogP contribution is -2.49. The summed E-state index contributed by atoms with van der Waals surface area (Å²) in [5, 5.41) is 14.3. The van der Waals surface area contributed by atoms with Crippen molar-refractivity contribution < 1.29 is 9.53 Å². The molecule has 30 heavy (non-hydrogen) atoms. The van der Waals surface area contributed by atoms with Crippen LogP contribution in [0.5, 0.6) is 5.75 Å². The maximum absolute atomic E-state index is 13.2. The number of rotatable bonds is 3. The van der Waals surface area contributed by atoms with E-state index in [0.29, 0.717) is 48.3 Å². The number of hydrogen-bond donors (Lipinski definition) is 0. The largest absolute Gasteiger partial charge is 0.497 e. The first-order valence-electron chi connectivity index (χ1n) is 9.46. The van der Waals surface area contributed by atoms with E-state index in [0.717, 1.165) is 5.69 Å². The Morgan fingerprint density at radius 3 is 2.63 bits per heavy atom. The second kappa shape index (κ2) is 7.83. The Kier molecular flexibility index (Phi) is 5.06. The SMILES string of the molecule is COc1cc(C#N)cc(N2CCN(C(=O)c3nn(C)c(=O)c4ccncc34)CC2)c1. The van der Waals surface area contributed by atoms with Crippen LogP contribution in [0.1, 0.15) is 16.1 Å². The van der Waals surface area contributed by atoms with Crippen molar-refractivity contribution in [2.45, 2.75) is 0 Å². The number of carbonyl (C=O) groups excluding carboxylic acids is 1. The summed E-state index contributed by atoms with van der Waals surface area (Å²) >= 11 is 0. The van der Waals surface area contributed by atoms with Gasteiger partial charge in [-0.05, 0) is 18.2 Å². The van der Waals surface area contributed by atoms with Gasteiger partial charge < -0.3 is 14.5 Å². The minimum Gasteiger partial charge on any atom is -0.497 e. The van der Waals surface area contributed by atoms with E-state index >= 15 is 0 Å². The molecule has 0 saturated carbocycles. The number of nitrogens with zero attached hydrogens (tertiary/aromatic N) is 6. The summed E-state index contributed by atoms with van der Waals surface area (Å²) in [5.74, 6) is 0.391. The molecule has 0 N–H and O–H groups in total.